The van der Waals surface area contributed by atoms with E-state index in [1.807, 2.05) is 30.3 Å². The normalized spacial score (nSPS) is 12.0. The van der Waals surface area contributed by atoms with Crippen molar-refractivity contribution in [1.82, 2.24) is 4.98 Å². The standard InChI is InChI=1S/C16H15Cl2FN2O3/c1-9(16(22)24-7-10-5-3-2-4-6-10)23-8-11-12(17)14(20)13(18)15(19)21-11/h2-6,9H,7-8H2,1H3,(H2,20,21)/t9-/m1/s1. The van der Waals surface area contributed by atoms with E-state index in [-0.39, 0.29) is 34.6 Å². The summed E-state index contributed by atoms with van der Waals surface area (Å²) in [4.78, 5) is 15.5. The van der Waals surface area contributed by atoms with Gasteiger partial charge in [0.05, 0.1) is 23.0 Å². The number of carbonyl (C=O) groups is 1. The molecule has 0 unspecified atom stereocenters. The number of nitrogen functional groups attached to an aromatic ring is 1. The highest BCUT2D eigenvalue weighted by Gasteiger charge is 2.19. The number of nitrogens with zero attached hydrogens (tertiary/aromatic N) is 1. The fourth-order valence-corrected chi connectivity index (χ4v) is 2.17. The molecule has 0 bridgehead atoms. The highest BCUT2D eigenvalue weighted by molar-refractivity contribution is 6.39. The number of aromatic nitrogens is 1. The molecular weight excluding hydrogens is 358 g/mol. The van der Waals surface area contributed by atoms with Crippen molar-refractivity contribution in [1.29, 1.82) is 0 Å². The predicted molar refractivity (Wildman–Crippen MR) is 89.1 cm³/mol. The van der Waals surface area contributed by atoms with Gasteiger partial charge in [0.2, 0.25) is 5.95 Å². The van der Waals surface area contributed by atoms with E-state index in [2.05, 4.69) is 4.98 Å². The van der Waals surface area contributed by atoms with Crippen LogP contribution in [0.4, 0.5) is 10.1 Å². The van der Waals surface area contributed by atoms with Gasteiger partial charge in [-0.25, -0.2) is 9.78 Å². The zero-order valence-electron chi connectivity index (χ0n) is 12.8. The van der Waals surface area contributed by atoms with Crippen molar-refractivity contribution in [3.63, 3.8) is 0 Å². The summed E-state index contributed by atoms with van der Waals surface area (Å²) >= 11 is 11.5. The lowest BCUT2D eigenvalue weighted by Gasteiger charge is -2.14. The number of benzene rings is 1. The van der Waals surface area contributed by atoms with Crippen LogP contribution in [0, 0.1) is 5.95 Å². The van der Waals surface area contributed by atoms with Crippen molar-refractivity contribution in [2.45, 2.75) is 26.2 Å². The summed E-state index contributed by atoms with van der Waals surface area (Å²) in [6.45, 7) is 1.44. The van der Waals surface area contributed by atoms with Gasteiger partial charge in [-0.3, -0.25) is 0 Å². The molecule has 1 heterocycles. The molecule has 0 aliphatic rings. The second kappa shape index (κ2) is 8.28. The molecule has 0 saturated carbocycles. The molecule has 128 valence electrons. The molecule has 0 fully saturated rings. The number of halogens is 3. The Labute approximate surface area is 148 Å². The number of rotatable bonds is 6. The monoisotopic (exact) mass is 372 g/mol. The first-order valence-electron chi connectivity index (χ1n) is 7.01. The number of ether oxygens (including phenoxy) is 2. The van der Waals surface area contributed by atoms with Gasteiger partial charge in [-0.1, -0.05) is 53.5 Å². The molecule has 2 N–H and O–H groups in total. The fourth-order valence-electron chi connectivity index (χ4n) is 1.79. The first-order chi connectivity index (χ1) is 11.4. The Morgan fingerprint density at radius 2 is 1.92 bits per heavy atom. The quantitative estimate of drug-likeness (QED) is 0.617. The number of anilines is 1. The summed E-state index contributed by atoms with van der Waals surface area (Å²) in [6.07, 6.45) is -0.883. The van der Waals surface area contributed by atoms with E-state index < -0.39 is 18.0 Å². The molecule has 2 aromatic rings. The number of pyridine rings is 1. The van der Waals surface area contributed by atoms with Crippen molar-refractivity contribution in [3.8, 4) is 0 Å². The highest BCUT2D eigenvalue weighted by Crippen LogP contribution is 2.31. The predicted octanol–water partition coefficient (Wildman–Crippen LogP) is 3.76. The zero-order chi connectivity index (χ0) is 17.7. The zero-order valence-corrected chi connectivity index (χ0v) is 14.3. The molecule has 0 radical (unpaired) electrons. The summed E-state index contributed by atoms with van der Waals surface area (Å²) in [5, 5.41) is -0.356. The minimum Gasteiger partial charge on any atom is -0.459 e. The minimum atomic E-state index is -0.948. The van der Waals surface area contributed by atoms with Crippen molar-refractivity contribution in [2.75, 3.05) is 5.73 Å². The largest absolute Gasteiger partial charge is 0.459 e. The van der Waals surface area contributed by atoms with Gasteiger partial charge in [0.15, 0.2) is 6.10 Å². The molecule has 1 aromatic carbocycles. The molecule has 2 rings (SSSR count). The van der Waals surface area contributed by atoms with E-state index in [0.29, 0.717) is 0 Å². The Balaban J connectivity index is 1.91. The summed E-state index contributed by atoms with van der Waals surface area (Å²) in [6, 6.07) is 9.22. The van der Waals surface area contributed by atoms with E-state index in [9.17, 15) is 9.18 Å². The van der Waals surface area contributed by atoms with Crippen LogP contribution in [0.5, 0.6) is 0 Å². The van der Waals surface area contributed by atoms with E-state index >= 15 is 0 Å². The Morgan fingerprint density at radius 1 is 1.25 bits per heavy atom. The average Bonchev–Trinajstić information content (AvgIpc) is 2.60. The molecule has 1 aromatic heterocycles. The van der Waals surface area contributed by atoms with Gasteiger partial charge >= 0.3 is 5.97 Å². The van der Waals surface area contributed by atoms with Gasteiger partial charge < -0.3 is 15.2 Å². The van der Waals surface area contributed by atoms with Gasteiger partial charge in [0.1, 0.15) is 11.6 Å². The summed E-state index contributed by atoms with van der Waals surface area (Å²) < 4.78 is 23.9. The third-order valence-electron chi connectivity index (χ3n) is 3.17. The van der Waals surface area contributed by atoms with Gasteiger partial charge in [-0.2, -0.15) is 4.39 Å². The molecule has 8 heteroatoms. The Kier molecular flexibility index (Phi) is 6.36. The molecule has 0 aliphatic carbocycles. The molecule has 1 atom stereocenters. The van der Waals surface area contributed by atoms with E-state index in [1.165, 1.54) is 6.92 Å². The van der Waals surface area contributed by atoms with Crippen molar-refractivity contribution < 1.29 is 18.7 Å². The van der Waals surface area contributed by atoms with Gasteiger partial charge in [0.25, 0.3) is 0 Å². The van der Waals surface area contributed by atoms with Crippen LogP contribution in [0.3, 0.4) is 0 Å². The third kappa shape index (κ3) is 4.56. The first kappa shape index (κ1) is 18.4. The summed E-state index contributed by atoms with van der Waals surface area (Å²) in [5.74, 6) is -1.51. The minimum absolute atomic E-state index is 0.00810. The molecule has 0 amide bonds. The van der Waals surface area contributed by atoms with E-state index in [0.717, 1.165) is 5.56 Å². The molecule has 24 heavy (non-hydrogen) atoms. The van der Waals surface area contributed by atoms with Gasteiger partial charge in [-0.15, -0.1) is 0 Å². The molecule has 0 spiro atoms. The number of nitrogens with two attached hydrogens (primary N) is 1. The highest BCUT2D eigenvalue weighted by atomic mass is 35.5. The van der Waals surface area contributed by atoms with Crippen LogP contribution in [0.2, 0.25) is 10.0 Å². The topological polar surface area (TPSA) is 74.4 Å². The number of esters is 1. The van der Waals surface area contributed by atoms with Gasteiger partial charge in [0, 0.05) is 0 Å². The first-order valence-corrected chi connectivity index (χ1v) is 7.76. The molecule has 5 nitrogen and oxygen atoms in total. The summed E-state index contributed by atoms with van der Waals surface area (Å²) in [5.41, 5.74) is 6.36. The van der Waals surface area contributed by atoms with Crippen LogP contribution in [0.25, 0.3) is 0 Å². The maximum absolute atomic E-state index is 13.5. The number of hydrogen-bond donors (Lipinski definition) is 1. The molecule has 0 aliphatic heterocycles. The second-order valence-corrected chi connectivity index (χ2v) is 5.69. The van der Waals surface area contributed by atoms with E-state index in [1.54, 1.807) is 0 Å². The lowest BCUT2D eigenvalue weighted by molar-refractivity contribution is -0.158. The smallest absolute Gasteiger partial charge is 0.335 e. The van der Waals surface area contributed by atoms with Crippen LogP contribution in [0.1, 0.15) is 18.2 Å². The lowest BCUT2D eigenvalue weighted by Crippen LogP contribution is -2.23. The lowest BCUT2D eigenvalue weighted by atomic mass is 10.2. The Bertz CT molecular complexity index is 729. The number of carbonyl (C=O) groups excluding carboxylic acids is 1. The van der Waals surface area contributed by atoms with Crippen molar-refractivity contribution in [3.05, 3.63) is 57.6 Å². The average molecular weight is 373 g/mol. The maximum atomic E-state index is 13.5. The van der Waals surface area contributed by atoms with Crippen molar-refractivity contribution >= 4 is 34.9 Å². The van der Waals surface area contributed by atoms with Crippen LogP contribution >= 0.6 is 23.2 Å². The van der Waals surface area contributed by atoms with Gasteiger partial charge in [-0.05, 0) is 12.5 Å². The molecule has 0 saturated heterocycles. The second-order valence-electron chi connectivity index (χ2n) is 4.94. The van der Waals surface area contributed by atoms with Crippen LogP contribution in [-0.4, -0.2) is 17.1 Å². The third-order valence-corrected chi connectivity index (χ3v) is 3.95. The van der Waals surface area contributed by atoms with Crippen LogP contribution in [0.15, 0.2) is 30.3 Å². The Hall–Kier alpha value is -1.89. The van der Waals surface area contributed by atoms with Crippen LogP contribution < -0.4 is 5.73 Å². The van der Waals surface area contributed by atoms with Crippen molar-refractivity contribution in [2.24, 2.45) is 0 Å². The fraction of sp³-hybridized carbons (Fsp3) is 0.250. The van der Waals surface area contributed by atoms with Crippen LogP contribution in [-0.2, 0) is 27.5 Å². The number of hydrogen-bond acceptors (Lipinski definition) is 5. The maximum Gasteiger partial charge on any atom is 0.335 e. The van der Waals surface area contributed by atoms with E-state index in [4.69, 9.17) is 38.4 Å². The summed E-state index contributed by atoms with van der Waals surface area (Å²) in [7, 11) is 0. The Morgan fingerprint density at radius 3 is 2.58 bits per heavy atom. The SMILES string of the molecule is C[C@@H](OCc1nc(F)c(Cl)c(N)c1Cl)C(=O)OCc1ccccc1. The molecular formula is C16H15Cl2FN2O3.